The summed E-state index contributed by atoms with van der Waals surface area (Å²) in [5.74, 6) is 1.40. The number of oxime groups is 1. The molecule has 0 unspecified atom stereocenters. The van der Waals surface area contributed by atoms with Gasteiger partial charge < -0.3 is 10.9 Å². The second-order valence-electron chi connectivity index (χ2n) is 4.35. The normalized spacial score (nSPS) is 15.9. The van der Waals surface area contributed by atoms with Gasteiger partial charge in [-0.2, -0.15) is 5.10 Å². The van der Waals surface area contributed by atoms with E-state index in [0.717, 1.165) is 11.5 Å². The molecule has 1 aliphatic carbocycles. The van der Waals surface area contributed by atoms with Crippen molar-refractivity contribution in [2.45, 2.75) is 18.8 Å². The van der Waals surface area contributed by atoms with Gasteiger partial charge >= 0.3 is 0 Å². The van der Waals surface area contributed by atoms with Crippen LogP contribution in [0.4, 0.5) is 0 Å². The van der Waals surface area contributed by atoms with Crippen LogP contribution >= 0.6 is 0 Å². The molecular formula is C12H13N5O. The first-order valence-electron chi connectivity index (χ1n) is 5.78. The van der Waals surface area contributed by atoms with Crippen molar-refractivity contribution in [3.05, 3.63) is 41.9 Å². The van der Waals surface area contributed by atoms with E-state index >= 15 is 0 Å². The van der Waals surface area contributed by atoms with Crippen LogP contribution in [0.25, 0.3) is 5.82 Å². The molecule has 0 bridgehead atoms. The van der Waals surface area contributed by atoms with Crippen LogP contribution in [0.15, 0.2) is 35.7 Å². The van der Waals surface area contributed by atoms with E-state index in [1.54, 1.807) is 23.0 Å². The van der Waals surface area contributed by atoms with Gasteiger partial charge in [0.15, 0.2) is 11.7 Å². The molecular weight excluding hydrogens is 230 g/mol. The van der Waals surface area contributed by atoms with E-state index in [-0.39, 0.29) is 5.84 Å². The van der Waals surface area contributed by atoms with Crippen molar-refractivity contribution < 1.29 is 5.21 Å². The number of amidine groups is 1. The van der Waals surface area contributed by atoms with Crippen molar-refractivity contribution >= 4 is 5.84 Å². The van der Waals surface area contributed by atoms with Crippen LogP contribution in [-0.2, 0) is 0 Å². The van der Waals surface area contributed by atoms with E-state index in [9.17, 15) is 0 Å². The highest BCUT2D eigenvalue weighted by Crippen LogP contribution is 2.38. The smallest absolute Gasteiger partial charge is 0.171 e. The Balaban J connectivity index is 1.87. The molecule has 92 valence electrons. The fourth-order valence-corrected chi connectivity index (χ4v) is 1.79. The molecule has 3 N–H and O–H groups in total. The molecule has 6 nitrogen and oxygen atoms in total. The SMILES string of the molecule is NC(=NO)c1ccc(-n2ccc(C3CC3)n2)nc1. The predicted octanol–water partition coefficient (Wildman–Crippen LogP) is 1.24. The van der Waals surface area contributed by atoms with Crippen molar-refractivity contribution in [3.8, 4) is 5.82 Å². The number of rotatable bonds is 3. The molecule has 2 heterocycles. The summed E-state index contributed by atoms with van der Waals surface area (Å²) in [7, 11) is 0. The Kier molecular flexibility index (Phi) is 2.47. The Morgan fingerprint density at radius 1 is 1.39 bits per heavy atom. The molecule has 2 aromatic heterocycles. The lowest BCUT2D eigenvalue weighted by molar-refractivity contribution is 0.318. The summed E-state index contributed by atoms with van der Waals surface area (Å²) in [5, 5.41) is 16.0. The fraction of sp³-hybridized carbons (Fsp3) is 0.250. The molecule has 1 fully saturated rings. The first-order valence-corrected chi connectivity index (χ1v) is 5.78. The minimum atomic E-state index is 0.0492. The van der Waals surface area contributed by atoms with Crippen LogP contribution in [0.1, 0.15) is 30.0 Å². The molecule has 18 heavy (non-hydrogen) atoms. The van der Waals surface area contributed by atoms with Crippen molar-refractivity contribution in [2.75, 3.05) is 0 Å². The van der Waals surface area contributed by atoms with Gasteiger partial charge in [-0.25, -0.2) is 9.67 Å². The fourth-order valence-electron chi connectivity index (χ4n) is 1.79. The lowest BCUT2D eigenvalue weighted by Crippen LogP contribution is -2.13. The van der Waals surface area contributed by atoms with E-state index in [0.29, 0.717) is 11.5 Å². The summed E-state index contributed by atoms with van der Waals surface area (Å²) in [6.45, 7) is 0. The molecule has 0 spiro atoms. The van der Waals surface area contributed by atoms with Gasteiger partial charge in [-0.05, 0) is 31.0 Å². The molecule has 0 amide bonds. The lowest BCUT2D eigenvalue weighted by atomic mass is 10.2. The third-order valence-electron chi connectivity index (χ3n) is 2.99. The number of pyridine rings is 1. The Hall–Kier alpha value is -2.37. The minimum absolute atomic E-state index is 0.0492. The third-order valence-corrected chi connectivity index (χ3v) is 2.99. The van der Waals surface area contributed by atoms with Gasteiger partial charge in [0.05, 0.1) is 5.69 Å². The van der Waals surface area contributed by atoms with Gasteiger partial charge in [-0.15, -0.1) is 0 Å². The topological polar surface area (TPSA) is 89.3 Å². The van der Waals surface area contributed by atoms with E-state index in [1.165, 1.54) is 12.8 Å². The van der Waals surface area contributed by atoms with Gasteiger partial charge in [0.25, 0.3) is 0 Å². The van der Waals surface area contributed by atoms with Crippen molar-refractivity contribution in [3.63, 3.8) is 0 Å². The van der Waals surface area contributed by atoms with Gasteiger partial charge in [0.1, 0.15) is 0 Å². The molecule has 3 rings (SSSR count). The number of nitrogens with two attached hydrogens (primary N) is 1. The lowest BCUT2D eigenvalue weighted by Gasteiger charge is -2.02. The Labute approximate surface area is 104 Å². The zero-order valence-corrected chi connectivity index (χ0v) is 9.69. The van der Waals surface area contributed by atoms with Crippen molar-refractivity contribution in [2.24, 2.45) is 10.9 Å². The molecule has 1 saturated carbocycles. The number of hydrogen-bond donors (Lipinski definition) is 2. The maximum Gasteiger partial charge on any atom is 0.171 e. The summed E-state index contributed by atoms with van der Waals surface area (Å²) < 4.78 is 1.74. The number of aromatic nitrogens is 3. The predicted molar refractivity (Wildman–Crippen MR) is 65.8 cm³/mol. The average molecular weight is 243 g/mol. The Morgan fingerprint density at radius 2 is 2.22 bits per heavy atom. The molecule has 0 aliphatic heterocycles. The van der Waals surface area contributed by atoms with Crippen LogP contribution in [0.3, 0.4) is 0 Å². The van der Waals surface area contributed by atoms with Crippen molar-refractivity contribution in [1.29, 1.82) is 0 Å². The Morgan fingerprint density at radius 3 is 2.83 bits per heavy atom. The van der Waals surface area contributed by atoms with Crippen LogP contribution in [-0.4, -0.2) is 25.8 Å². The molecule has 0 atom stereocenters. The third kappa shape index (κ3) is 1.92. The molecule has 0 radical (unpaired) electrons. The van der Waals surface area contributed by atoms with Crippen LogP contribution in [0.2, 0.25) is 0 Å². The number of nitrogens with zero attached hydrogens (tertiary/aromatic N) is 4. The van der Waals surface area contributed by atoms with E-state index in [1.807, 2.05) is 12.3 Å². The van der Waals surface area contributed by atoms with Crippen LogP contribution in [0, 0.1) is 0 Å². The monoisotopic (exact) mass is 243 g/mol. The molecule has 0 aromatic carbocycles. The van der Waals surface area contributed by atoms with Gasteiger partial charge in [-0.3, -0.25) is 0 Å². The number of hydrogen-bond acceptors (Lipinski definition) is 4. The van der Waals surface area contributed by atoms with Crippen LogP contribution in [0.5, 0.6) is 0 Å². The van der Waals surface area contributed by atoms with E-state index in [4.69, 9.17) is 10.9 Å². The zero-order valence-electron chi connectivity index (χ0n) is 9.69. The summed E-state index contributed by atoms with van der Waals surface area (Å²) in [6, 6.07) is 5.56. The Bertz CT molecular complexity index is 583. The molecule has 1 aliphatic rings. The maximum absolute atomic E-state index is 8.56. The van der Waals surface area contributed by atoms with E-state index < -0.39 is 0 Å². The zero-order chi connectivity index (χ0) is 12.5. The molecule has 0 saturated heterocycles. The van der Waals surface area contributed by atoms with Gasteiger partial charge in [0, 0.05) is 23.9 Å². The summed E-state index contributed by atoms with van der Waals surface area (Å²) in [5.41, 5.74) is 7.17. The second kappa shape index (κ2) is 4.14. The highest BCUT2D eigenvalue weighted by molar-refractivity contribution is 5.96. The maximum atomic E-state index is 8.56. The van der Waals surface area contributed by atoms with Gasteiger partial charge in [-0.1, -0.05) is 5.16 Å². The van der Waals surface area contributed by atoms with Crippen molar-refractivity contribution in [1.82, 2.24) is 14.8 Å². The summed E-state index contributed by atoms with van der Waals surface area (Å²) >= 11 is 0. The van der Waals surface area contributed by atoms with Crippen LogP contribution < -0.4 is 5.73 Å². The molecule has 2 aromatic rings. The van der Waals surface area contributed by atoms with E-state index in [2.05, 4.69) is 15.2 Å². The first-order chi connectivity index (χ1) is 8.78. The average Bonchev–Trinajstić information content (AvgIpc) is 3.16. The summed E-state index contributed by atoms with van der Waals surface area (Å²) in [4.78, 5) is 4.24. The highest BCUT2D eigenvalue weighted by Gasteiger charge is 2.25. The summed E-state index contributed by atoms with van der Waals surface area (Å²) in [6.07, 6.45) is 5.92. The minimum Gasteiger partial charge on any atom is -0.409 e. The first kappa shape index (κ1) is 10.8. The van der Waals surface area contributed by atoms with Gasteiger partial charge in [0.2, 0.25) is 0 Å². The highest BCUT2D eigenvalue weighted by atomic mass is 16.4. The molecule has 6 heteroatoms. The largest absolute Gasteiger partial charge is 0.409 e. The second-order valence-corrected chi connectivity index (χ2v) is 4.35. The quantitative estimate of drug-likeness (QED) is 0.367. The standard InChI is InChI=1S/C12H13N5O/c13-12(16-18)9-3-4-11(14-7-9)17-6-5-10(15-17)8-1-2-8/h3-8,18H,1-2H2,(H2,13,16).